The van der Waals surface area contributed by atoms with Gasteiger partial charge in [-0.3, -0.25) is 9.89 Å². The lowest BCUT2D eigenvalue weighted by molar-refractivity contribution is 0.0928. The first-order chi connectivity index (χ1) is 9.83. The van der Waals surface area contributed by atoms with Crippen LogP contribution < -0.4 is 5.32 Å². The summed E-state index contributed by atoms with van der Waals surface area (Å²) in [7, 11) is 0. The third kappa shape index (κ3) is 3.10. The van der Waals surface area contributed by atoms with E-state index in [1.165, 1.54) is 25.7 Å². The summed E-state index contributed by atoms with van der Waals surface area (Å²) in [6.07, 6.45) is 7.19. The molecule has 1 aliphatic rings. The normalized spacial score (nSPS) is 16.8. The van der Waals surface area contributed by atoms with Crippen LogP contribution in [-0.2, 0) is 0 Å². The summed E-state index contributed by atoms with van der Waals surface area (Å²) < 4.78 is 0. The quantitative estimate of drug-likeness (QED) is 0.848. The lowest BCUT2D eigenvalue weighted by atomic mass is 10.1. The van der Waals surface area contributed by atoms with Gasteiger partial charge in [-0.1, -0.05) is 31.7 Å². The van der Waals surface area contributed by atoms with Gasteiger partial charge in [-0.2, -0.15) is 5.10 Å². The first kappa shape index (κ1) is 13.4. The van der Waals surface area contributed by atoms with Crippen LogP contribution in [0.3, 0.4) is 0 Å². The molecule has 0 aromatic carbocycles. The molecule has 1 saturated carbocycles. The summed E-state index contributed by atoms with van der Waals surface area (Å²) in [5.41, 5.74) is 1.39. The topological polar surface area (TPSA) is 57.8 Å². The molecule has 1 aliphatic carbocycles. The Balaban J connectivity index is 1.65. The molecule has 1 fully saturated rings. The minimum Gasteiger partial charge on any atom is -0.348 e. The molecule has 20 heavy (non-hydrogen) atoms. The molecule has 3 rings (SSSR count). The Kier molecular flexibility index (Phi) is 4.16. The molecule has 5 heteroatoms. The van der Waals surface area contributed by atoms with Crippen LogP contribution in [0.2, 0.25) is 0 Å². The molecular weight excluding hydrogens is 270 g/mol. The molecule has 0 saturated heterocycles. The minimum atomic E-state index is -0.0593. The van der Waals surface area contributed by atoms with Gasteiger partial charge in [0.1, 0.15) is 0 Å². The van der Waals surface area contributed by atoms with Gasteiger partial charge in [0, 0.05) is 6.04 Å². The van der Waals surface area contributed by atoms with Gasteiger partial charge >= 0.3 is 0 Å². The van der Waals surface area contributed by atoms with E-state index in [1.54, 1.807) is 11.3 Å². The van der Waals surface area contributed by atoms with E-state index in [4.69, 9.17) is 0 Å². The summed E-state index contributed by atoms with van der Waals surface area (Å²) in [4.78, 5) is 13.3. The number of thiophene rings is 1. The molecule has 0 radical (unpaired) electrons. The van der Waals surface area contributed by atoms with Gasteiger partial charge in [0.25, 0.3) is 5.91 Å². The predicted octanol–water partition coefficient (Wildman–Crippen LogP) is 3.59. The average Bonchev–Trinajstić information content (AvgIpc) is 3.07. The molecule has 2 aromatic rings. The number of nitrogens with zero attached hydrogens (tertiary/aromatic N) is 1. The number of hydrogen-bond donors (Lipinski definition) is 2. The maximum absolute atomic E-state index is 12.2. The van der Waals surface area contributed by atoms with Crippen molar-refractivity contribution in [3.8, 4) is 10.6 Å². The highest BCUT2D eigenvalue weighted by molar-refractivity contribution is 7.13. The van der Waals surface area contributed by atoms with Crippen LogP contribution in [0, 0.1) is 0 Å². The van der Waals surface area contributed by atoms with E-state index in [0.717, 1.165) is 23.4 Å². The summed E-state index contributed by atoms with van der Waals surface area (Å²) in [5.74, 6) is -0.0593. The van der Waals surface area contributed by atoms with Crippen molar-refractivity contribution in [1.29, 1.82) is 0 Å². The first-order valence-electron chi connectivity index (χ1n) is 7.23. The fraction of sp³-hybridized carbons (Fsp3) is 0.467. The van der Waals surface area contributed by atoms with E-state index >= 15 is 0 Å². The summed E-state index contributed by atoms with van der Waals surface area (Å²) in [6.45, 7) is 0. The summed E-state index contributed by atoms with van der Waals surface area (Å²) >= 11 is 1.64. The van der Waals surface area contributed by atoms with Crippen molar-refractivity contribution >= 4 is 17.2 Å². The molecule has 4 nitrogen and oxygen atoms in total. The lowest BCUT2D eigenvalue weighted by Crippen LogP contribution is -2.34. The van der Waals surface area contributed by atoms with Gasteiger partial charge in [-0.15, -0.1) is 11.3 Å². The Morgan fingerprint density at radius 1 is 1.30 bits per heavy atom. The van der Waals surface area contributed by atoms with E-state index in [0.29, 0.717) is 11.7 Å². The van der Waals surface area contributed by atoms with Crippen LogP contribution in [-0.4, -0.2) is 22.1 Å². The van der Waals surface area contributed by atoms with Crippen molar-refractivity contribution in [3.05, 3.63) is 29.3 Å². The van der Waals surface area contributed by atoms with Crippen molar-refractivity contribution in [2.45, 2.75) is 44.6 Å². The van der Waals surface area contributed by atoms with Crippen molar-refractivity contribution in [1.82, 2.24) is 15.5 Å². The largest absolute Gasteiger partial charge is 0.348 e. The molecule has 0 atom stereocenters. The SMILES string of the molecule is O=C(NC1CCCCCC1)c1cc(-c2cccs2)[nH]n1. The molecule has 0 bridgehead atoms. The Hall–Kier alpha value is -1.62. The second kappa shape index (κ2) is 6.22. The van der Waals surface area contributed by atoms with Crippen molar-refractivity contribution in [2.24, 2.45) is 0 Å². The molecule has 0 unspecified atom stereocenters. The fourth-order valence-electron chi connectivity index (χ4n) is 2.68. The molecular formula is C15H19N3OS. The van der Waals surface area contributed by atoms with Crippen molar-refractivity contribution in [3.63, 3.8) is 0 Å². The van der Waals surface area contributed by atoms with E-state index in [2.05, 4.69) is 15.5 Å². The van der Waals surface area contributed by atoms with Gasteiger partial charge < -0.3 is 5.32 Å². The Morgan fingerprint density at radius 3 is 2.80 bits per heavy atom. The minimum absolute atomic E-state index is 0.0593. The number of hydrogen-bond acceptors (Lipinski definition) is 3. The summed E-state index contributed by atoms with van der Waals surface area (Å²) in [5, 5.41) is 12.2. The molecule has 1 amide bonds. The van der Waals surface area contributed by atoms with Gasteiger partial charge in [-0.25, -0.2) is 0 Å². The standard InChI is InChI=1S/C15H19N3OS/c19-15(16-11-6-3-1-2-4-7-11)13-10-12(17-18-13)14-8-5-9-20-14/h5,8-11H,1-4,6-7H2,(H,16,19)(H,17,18). The van der Waals surface area contributed by atoms with E-state index in [-0.39, 0.29) is 5.91 Å². The third-order valence-electron chi connectivity index (χ3n) is 3.79. The Bertz CT molecular complexity index is 553. The average molecular weight is 289 g/mol. The third-order valence-corrected chi connectivity index (χ3v) is 4.69. The Labute approximate surface area is 122 Å². The van der Waals surface area contributed by atoms with Crippen LogP contribution in [0.15, 0.2) is 23.6 Å². The molecule has 0 aliphatic heterocycles. The molecule has 2 N–H and O–H groups in total. The zero-order valence-corrected chi connectivity index (χ0v) is 12.2. The number of aromatic amines is 1. The van der Waals surface area contributed by atoms with E-state index in [9.17, 15) is 4.79 Å². The van der Waals surface area contributed by atoms with Crippen LogP contribution in [0.5, 0.6) is 0 Å². The summed E-state index contributed by atoms with van der Waals surface area (Å²) in [6, 6.07) is 6.15. The van der Waals surface area contributed by atoms with Crippen molar-refractivity contribution < 1.29 is 4.79 Å². The number of carbonyl (C=O) groups is 1. The van der Waals surface area contributed by atoms with E-state index in [1.807, 2.05) is 23.6 Å². The zero-order chi connectivity index (χ0) is 13.8. The number of carbonyl (C=O) groups excluding carboxylic acids is 1. The van der Waals surface area contributed by atoms with Crippen LogP contribution in [0.1, 0.15) is 49.0 Å². The highest BCUT2D eigenvalue weighted by Gasteiger charge is 2.18. The monoisotopic (exact) mass is 289 g/mol. The number of rotatable bonds is 3. The number of aromatic nitrogens is 2. The molecule has 2 aromatic heterocycles. The lowest BCUT2D eigenvalue weighted by Gasteiger charge is -2.14. The first-order valence-corrected chi connectivity index (χ1v) is 8.11. The van der Waals surface area contributed by atoms with Crippen LogP contribution in [0.25, 0.3) is 10.6 Å². The Morgan fingerprint density at radius 2 is 2.10 bits per heavy atom. The fourth-order valence-corrected chi connectivity index (χ4v) is 3.37. The molecule has 2 heterocycles. The van der Waals surface area contributed by atoms with Crippen LogP contribution in [0.4, 0.5) is 0 Å². The van der Waals surface area contributed by atoms with Gasteiger partial charge in [0.2, 0.25) is 0 Å². The predicted molar refractivity (Wildman–Crippen MR) is 80.9 cm³/mol. The smallest absolute Gasteiger partial charge is 0.272 e. The number of amides is 1. The van der Waals surface area contributed by atoms with Gasteiger partial charge in [0.15, 0.2) is 5.69 Å². The van der Waals surface area contributed by atoms with Gasteiger partial charge in [0.05, 0.1) is 10.6 Å². The number of nitrogens with one attached hydrogen (secondary N) is 2. The highest BCUT2D eigenvalue weighted by atomic mass is 32.1. The zero-order valence-electron chi connectivity index (χ0n) is 11.4. The second-order valence-electron chi connectivity index (χ2n) is 5.31. The highest BCUT2D eigenvalue weighted by Crippen LogP contribution is 2.23. The van der Waals surface area contributed by atoms with E-state index < -0.39 is 0 Å². The molecule has 0 spiro atoms. The van der Waals surface area contributed by atoms with Gasteiger partial charge in [-0.05, 0) is 30.4 Å². The van der Waals surface area contributed by atoms with Crippen LogP contribution >= 0.6 is 11.3 Å². The van der Waals surface area contributed by atoms with Crippen molar-refractivity contribution in [2.75, 3.05) is 0 Å². The number of H-pyrrole nitrogens is 1. The maximum Gasteiger partial charge on any atom is 0.272 e. The molecule has 106 valence electrons. The maximum atomic E-state index is 12.2. The second-order valence-corrected chi connectivity index (χ2v) is 6.25.